The molecular formula is C34H38N4O4S2. The van der Waals surface area contributed by atoms with Crippen LogP contribution in [-0.2, 0) is 20.0 Å². The summed E-state index contributed by atoms with van der Waals surface area (Å²) < 4.78 is 54.3. The van der Waals surface area contributed by atoms with E-state index in [2.05, 4.69) is 16.0 Å². The van der Waals surface area contributed by atoms with Crippen molar-refractivity contribution in [2.75, 3.05) is 26.2 Å². The molecule has 230 valence electrons. The minimum Gasteiger partial charge on any atom is -0.355 e. The molecule has 2 N–H and O–H groups in total. The van der Waals surface area contributed by atoms with Crippen LogP contribution in [0.5, 0.6) is 0 Å². The van der Waals surface area contributed by atoms with Gasteiger partial charge in [-0.05, 0) is 76.9 Å². The van der Waals surface area contributed by atoms with Crippen LogP contribution in [0.1, 0.15) is 27.7 Å². The number of benzene rings is 3. The standard InChI is InChI=1S/C34H38N4O4S2/c1-5-37(6-2)43(39,40)29-16-12-25(13-17-29)31-20-22-33(35-31)27-10-9-11-28(24-27)34-23-21-32(36-34)26-14-18-30(19-15-26)44(41,42)38(7-3)8-4/h9-24,35-36H,5-8H2,1-4H3. The van der Waals surface area contributed by atoms with Crippen LogP contribution in [0.2, 0.25) is 0 Å². The molecule has 3 aromatic carbocycles. The first-order valence-electron chi connectivity index (χ1n) is 14.8. The summed E-state index contributed by atoms with van der Waals surface area (Å²) in [4.78, 5) is 7.51. The fourth-order valence-electron chi connectivity index (χ4n) is 5.36. The van der Waals surface area contributed by atoms with Crippen LogP contribution < -0.4 is 0 Å². The highest BCUT2D eigenvalue weighted by Crippen LogP contribution is 2.31. The zero-order valence-corrected chi connectivity index (χ0v) is 27.0. The number of nitrogens with zero attached hydrogens (tertiary/aromatic N) is 2. The van der Waals surface area contributed by atoms with Gasteiger partial charge in [0.05, 0.1) is 9.79 Å². The van der Waals surface area contributed by atoms with Gasteiger partial charge in [0.1, 0.15) is 0 Å². The molecule has 0 aliphatic rings. The number of nitrogens with one attached hydrogen (secondary N) is 2. The highest BCUT2D eigenvalue weighted by Gasteiger charge is 2.22. The van der Waals surface area contributed by atoms with Crippen LogP contribution in [-0.4, -0.2) is 61.6 Å². The minimum absolute atomic E-state index is 0.287. The Bertz CT molecular complexity index is 1800. The van der Waals surface area contributed by atoms with Crippen LogP contribution in [0.25, 0.3) is 45.0 Å². The fraction of sp³-hybridized carbons (Fsp3) is 0.235. The molecule has 5 rings (SSSR count). The van der Waals surface area contributed by atoms with Crippen molar-refractivity contribution in [1.82, 2.24) is 18.6 Å². The summed E-state index contributed by atoms with van der Waals surface area (Å²) in [5.74, 6) is 0. The Labute approximate surface area is 260 Å². The molecule has 0 aliphatic carbocycles. The van der Waals surface area contributed by atoms with Crippen LogP contribution in [0.4, 0.5) is 0 Å². The topological polar surface area (TPSA) is 106 Å². The molecule has 10 heteroatoms. The molecule has 0 unspecified atom stereocenters. The van der Waals surface area contributed by atoms with Gasteiger partial charge in [0.25, 0.3) is 0 Å². The van der Waals surface area contributed by atoms with Crippen LogP contribution in [0, 0.1) is 0 Å². The van der Waals surface area contributed by atoms with Crippen molar-refractivity contribution in [1.29, 1.82) is 0 Å². The van der Waals surface area contributed by atoms with Crippen molar-refractivity contribution in [3.05, 3.63) is 97.1 Å². The third kappa shape index (κ3) is 6.16. The number of H-pyrrole nitrogens is 2. The van der Waals surface area contributed by atoms with Gasteiger partial charge in [-0.25, -0.2) is 16.8 Å². The van der Waals surface area contributed by atoms with Gasteiger partial charge in [0.15, 0.2) is 0 Å². The first kappa shape index (κ1) is 31.5. The average Bonchev–Trinajstić information content (AvgIpc) is 3.74. The van der Waals surface area contributed by atoms with Crippen molar-refractivity contribution < 1.29 is 16.8 Å². The van der Waals surface area contributed by atoms with Gasteiger partial charge < -0.3 is 9.97 Å². The van der Waals surface area contributed by atoms with E-state index >= 15 is 0 Å². The SMILES string of the molecule is CCN(CC)S(=O)(=O)c1ccc(-c2ccc(-c3cccc(-c4ccc(-c5ccc(S(=O)(=O)N(CC)CC)cc5)[nH]4)c3)[nH]2)cc1. The smallest absolute Gasteiger partial charge is 0.243 e. The third-order valence-corrected chi connectivity index (χ3v) is 12.0. The Morgan fingerprint density at radius 1 is 0.455 bits per heavy atom. The maximum absolute atomic E-state index is 12.8. The Kier molecular flexibility index (Phi) is 9.26. The zero-order chi connectivity index (χ0) is 31.5. The summed E-state index contributed by atoms with van der Waals surface area (Å²) in [6, 6.07) is 30.1. The first-order chi connectivity index (χ1) is 21.1. The molecule has 0 atom stereocenters. The fourth-order valence-corrected chi connectivity index (χ4v) is 8.27. The lowest BCUT2D eigenvalue weighted by molar-refractivity contribution is 0.444. The van der Waals surface area contributed by atoms with Crippen molar-refractivity contribution in [3.63, 3.8) is 0 Å². The molecule has 8 nitrogen and oxygen atoms in total. The molecule has 0 saturated heterocycles. The normalized spacial score (nSPS) is 12.3. The minimum atomic E-state index is -3.50. The maximum atomic E-state index is 12.8. The van der Waals surface area contributed by atoms with Gasteiger partial charge in [0.2, 0.25) is 20.0 Å². The molecule has 0 amide bonds. The Morgan fingerprint density at radius 3 is 1.09 bits per heavy atom. The van der Waals surface area contributed by atoms with Gasteiger partial charge in [-0.1, -0.05) is 70.2 Å². The van der Waals surface area contributed by atoms with Gasteiger partial charge in [-0.15, -0.1) is 0 Å². The molecular weight excluding hydrogens is 593 g/mol. The molecule has 5 aromatic rings. The number of sulfonamides is 2. The summed E-state index contributed by atoms with van der Waals surface area (Å²) in [5.41, 5.74) is 7.49. The molecule has 44 heavy (non-hydrogen) atoms. The second-order valence-electron chi connectivity index (χ2n) is 10.4. The molecule has 0 radical (unpaired) electrons. The van der Waals surface area contributed by atoms with E-state index in [1.165, 1.54) is 8.61 Å². The predicted molar refractivity (Wildman–Crippen MR) is 177 cm³/mol. The Morgan fingerprint density at radius 2 is 0.773 bits per heavy atom. The van der Waals surface area contributed by atoms with E-state index in [-0.39, 0.29) is 9.79 Å². The van der Waals surface area contributed by atoms with E-state index in [9.17, 15) is 16.8 Å². The predicted octanol–water partition coefficient (Wildman–Crippen LogP) is 7.07. The van der Waals surface area contributed by atoms with Gasteiger partial charge in [0, 0.05) is 49.0 Å². The summed E-state index contributed by atoms with van der Waals surface area (Å²) in [5, 5.41) is 0. The van der Waals surface area contributed by atoms with Crippen molar-refractivity contribution >= 4 is 20.0 Å². The lowest BCUT2D eigenvalue weighted by Crippen LogP contribution is -2.30. The Balaban J connectivity index is 1.34. The van der Waals surface area contributed by atoms with Gasteiger partial charge in [-0.2, -0.15) is 8.61 Å². The second kappa shape index (κ2) is 13.0. The van der Waals surface area contributed by atoms with Crippen LogP contribution in [0.3, 0.4) is 0 Å². The summed E-state index contributed by atoms with van der Waals surface area (Å²) >= 11 is 0. The first-order valence-corrected chi connectivity index (χ1v) is 17.7. The van der Waals surface area contributed by atoms with Crippen molar-refractivity contribution in [2.45, 2.75) is 37.5 Å². The highest BCUT2D eigenvalue weighted by atomic mass is 32.2. The van der Waals surface area contributed by atoms with Crippen LogP contribution in [0.15, 0.2) is 107 Å². The monoisotopic (exact) mass is 630 g/mol. The van der Waals surface area contributed by atoms with E-state index in [0.717, 1.165) is 45.0 Å². The molecule has 2 aromatic heterocycles. The van der Waals surface area contributed by atoms with Crippen molar-refractivity contribution in [2.24, 2.45) is 0 Å². The van der Waals surface area contributed by atoms with Crippen LogP contribution >= 0.6 is 0 Å². The summed E-state index contributed by atoms with van der Waals surface area (Å²) in [7, 11) is -7.01. The van der Waals surface area contributed by atoms with Crippen molar-refractivity contribution in [3.8, 4) is 45.0 Å². The molecule has 0 bridgehead atoms. The molecule has 0 aliphatic heterocycles. The lowest BCUT2D eigenvalue weighted by Gasteiger charge is -2.18. The van der Waals surface area contributed by atoms with Gasteiger partial charge in [-0.3, -0.25) is 0 Å². The van der Waals surface area contributed by atoms with E-state index < -0.39 is 20.0 Å². The third-order valence-electron chi connectivity index (χ3n) is 7.87. The number of rotatable bonds is 12. The summed E-state index contributed by atoms with van der Waals surface area (Å²) in [6.07, 6.45) is 0. The van der Waals surface area contributed by atoms with E-state index in [1.54, 1.807) is 24.3 Å². The largest absolute Gasteiger partial charge is 0.355 e. The number of aromatic nitrogens is 2. The Hall–Kier alpha value is -3.96. The maximum Gasteiger partial charge on any atom is 0.243 e. The highest BCUT2D eigenvalue weighted by molar-refractivity contribution is 7.89. The molecule has 0 fully saturated rings. The van der Waals surface area contributed by atoms with E-state index in [1.807, 2.05) is 94.4 Å². The molecule has 0 spiro atoms. The number of hydrogen-bond donors (Lipinski definition) is 2. The molecule has 0 saturated carbocycles. The number of hydrogen-bond acceptors (Lipinski definition) is 4. The van der Waals surface area contributed by atoms with E-state index in [4.69, 9.17) is 0 Å². The molecule has 2 heterocycles. The summed E-state index contributed by atoms with van der Waals surface area (Å²) in [6.45, 7) is 9.07. The number of aromatic amines is 2. The lowest BCUT2D eigenvalue weighted by atomic mass is 10.1. The zero-order valence-electron chi connectivity index (χ0n) is 25.4. The average molecular weight is 631 g/mol. The quantitative estimate of drug-likeness (QED) is 0.154. The second-order valence-corrected chi connectivity index (χ2v) is 14.3. The van der Waals surface area contributed by atoms with E-state index in [0.29, 0.717) is 26.2 Å². The van der Waals surface area contributed by atoms with Gasteiger partial charge >= 0.3 is 0 Å².